The topological polar surface area (TPSA) is 44.9 Å². The largest absolute Gasteiger partial charge is 0.401 e. The maximum Gasteiger partial charge on any atom is 0.401 e. The summed E-state index contributed by atoms with van der Waals surface area (Å²) >= 11 is 0. The van der Waals surface area contributed by atoms with E-state index in [4.69, 9.17) is 5.26 Å². The van der Waals surface area contributed by atoms with Crippen LogP contribution in [0.1, 0.15) is 17.7 Å². The number of aromatic nitrogens is 2. The van der Waals surface area contributed by atoms with Crippen LogP contribution in [-0.4, -0.2) is 40.5 Å². The molecule has 0 saturated carbocycles. The summed E-state index contributed by atoms with van der Waals surface area (Å²) in [5.74, 6) is 0. The highest BCUT2D eigenvalue weighted by Gasteiger charge is 2.48. The maximum atomic E-state index is 12.3. The molecule has 104 valence electrons. The van der Waals surface area contributed by atoms with E-state index in [0.29, 0.717) is 0 Å². The van der Waals surface area contributed by atoms with E-state index in [1.165, 1.54) is 4.90 Å². The van der Waals surface area contributed by atoms with Crippen LogP contribution in [0, 0.1) is 25.2 Å². The van der Waals surface area contributed by atoms with Crippen LogP contribution in [0.25, 0.3) is 0 Å². The van der Waals surface area contributed by atoms with Gasteiger partial charge in [0.05, 0.1) is 24.7 Å². The Bertz CT molecular complexity index is 487. The van der Waals surface area contributed by atoms with Gasteiger partial charge in [0.2, 0.25) is 0 Å². The van der Waals surface area contributed by atoms with E-state index in [-0.39, 0.29) is 19.5 Å². The highest BCUT2D eigenvalue weighted by Crippen LogP contribution is 2.34. The second-order valence-corrected chi connectivity index (χ2v) is 5.16. The molecule has 1 aromatic heterocycles. The summed E-state index contributed by atoms with van der Waals surface area (Å²) in [6.07, 6.45) is -2.23. The molecule has 0 aromatic carbocycles. The second-order valence-electron chi connectivity index (χ2n) is 5.16. The molecule has 0 atom stereocenters. The first-order valence-electron chi connectivity index (χ1n) is 5.95. The van der Waals surface area contributed by atoms with E-state index < -0.39 is 18.3 Å². The van der Waals surface area contributed by atoms with Crippen molar-refractivity contribution in [3.05, 3.63) is 17.5 Å². The summed E-state index contributed by atoms with van der Waals surface area (Å²) in [6, 6.07) is 2.05. The van der Waals surface area contributed by atoms with Crippen molar-refractivity contribution in [3.63, 3.8) is 0 Å². The lowest BCUT2D eigenvalue weighted by Crippen LogP contribution is -2.64. The molecule has 1 saturated heterocycles. The quantitative estimate of drug-likeness (QED) is 0.845. The Balaban J connectivity index is 2.13. The summed E-state index contributed by atoms with van der Waals surface area (Å²) in [5, 5.41) is 13.2. The molecule has 0 bridgehead atoms. The summed E-state index contributed by atoms with van der Waals surface area (Å²) in [7, 11) is 0. The van der Waals surface area contributed by atoms with Crippen LogP contribution in [0.4, 0.5) is 13.2 Å². The molecule has 2 heterocycles. The third-order valence-corrected chi connectivity index (χ3v) is 3.48. The summed E-state index contributed by atoms with van der Waals surface area (Å²) < 4.78 is 38.6. The minimum absolute atomic E-state index is 0.169. The lowest BCUT2D eigenvalue weighted by atomic mass is 9.87. The first kappa shape index (κ1) is 13.9. The minimum atomic E-state index is -4.20. The summed E-state index contributed by atoms with van der Waals surface area (Å²) in [5.41, 5.74) is 1.21. The Morgan fingerprint density at radius 3 is 2.47 bits per heavy atom. The average molecular weight is 272 g/mol. The van der Waals surface area contributed by atoms with Gasteiger partial charge in [-0.25, -0.2) is 0 Å². The van der Waals surface area contributed by atoms with E-state index in [1.807, 2.05) is 13.8 Å². The first-order chi connectivity index (χ1) is 8.76. The Kier molecular flexibility index (Phi) is 3.31. The standard InChI is InChI=1S/C12H15F3N4/c1-9-5-19(17-10(9)2)11(3-4-16)6-18(7-11)8-12(13,14)15/h5H,3,6-8H2,1-2H3. The third-order valence-electron chi connectivity index (χ3n) is 3.48. The molecule has 1 aromatic rings. The normalized spacial score (nSPS) is 18.9. The van der Waals surface area contributed by atoms with Crippen molar-refractivity contribution < 1.29 is 13.2 Å². The van der Waals surface area contributed by atoms with Crippen LogP contribution in [0.2, 0.25) is 0 Å². The van der Waals surface area contributed by atoms with E-state index in [0.717, 1.165) is 11.3 Å². The monoisotopic (exact) mass is 272 g/mol. The molecule has 0 unspecified atom stereocenters. The van der Waals surface area contributed by atoms with Crippen LogP contribution < -0.4 is 0 Å². The number of nitriles is 1. The molecule has 4 nitrogen and oxygen atoms in total. The van der Waals surface area contributed by atoms with Crippen molar-refractivity contribution in [2.45, 2.75) is 32.0 Å². The number of rotatable bonds is 3. The Morgan fingerprint density at radius 1 is 1.42 bits per heavy atom. The predicted molar refractivity (Wildman–Crippen MR) is 62.4 cm³/mol. The van der Waals surface area contributed by atoms with Gasteiger partial charge in [-0.1, -0.05) is 0 Å². The molecule has 1 fully saturated rings. The van der Waals surface area contributed by atoms with Crippen molar-refractivity contribution in [1.29, 1.82) is 5.26 Å². The molecule has 0 N–H and O–H groups in total. The van der Waals surface area contributed by atoms with Crippen LogP contribution >= 0.6 is 0 Å². The molecule has 1 aliphatic heterocycles. The van der Waals surface area contributed by atoms with Gasteiger partial charge in [-0.15, -0.1) is 0 Å². The van der Waals surface area contributed by atoms with Crippen LogP contribution in [0.15, 0.2) is 6.20 Å². The molecular weight excluding hydrogens is 257 g/mol. The van der Waals surface area contributed by atoms with E-state index in [1.54, 1.807) is 10.9 Å². The third kappa shape index (κ3) is 2.73. The number of nitrogens with zero attached hydrogens (tertiary/aromatic N) is 4. The number of hydrogen-bond donors (Lipinski definition) is 0. The molecule has 0 amide bonds. The van der Waals surface area contributed by atoms with E-state index in [2.05, 4.69) is 11.2 Å². The fraction of sp³-hybridized carbons (Fsp3) is 0.667. The van der Waals surface area contributed by atoms with Crippen molar-refractivity contribution in [1.82, 2.24) is 14.7 Å². The summed E-state index contributed by atoms with van der Waals surface area (Å²) in [4.78, 5) is 1.30. The number of hydrogen-bond acceptors (Lipinski definition) is 3. The molecule has 19 heavy (non-hydrogen) atoms. The lowest BCUT2D eigenvalue weighted by molar-refractivity contribution is -0.167. The molecule has 0 radical (unpaired) electrons. The van der Waals surface area contributed by atoms with Crippen molar-refractivity contribution in [2.24, 2.45) is 0 Å². The van der Waals surface area contributed by atoms with Gasteiger partial charge >= 0.3 is 6.18 Å². The van der Waals surface area contributed by atoms with Gasteiger partial charge < -0.3 is 0 Å². The van der Waals surface area contributed by atoms with Crippen LogP contribution in [0.3, 0.4) is 0 Å². The molecule has 0 aliphatic carbocycles. The zero-order valence-corrected chi connectivity index (χ0v) is 10.8. The van der Waals surface area contributed by atoms with Crippen LogP contribution in [-0.2, 0) is 5.54 Å². The second kappa shape index (κ2) is 4.53. The minimum Gasteiger partial charge on any atom is -0.290 e. The van der Waals surface area contributed by atoms with Gasteiger partial charge in [0.25, 0.3) is 0 Å². The maximum absolute atomic E-state index is 12.3. The zero-order valence-electron chi connectivity index (χ0n) is 10.8. The Morgan fingerprint density at radius 2 is 2.05 bits per heavy atom. The molecule has 0 spiro atoms. The first-order valence-corrected chi connectivity index (χ1v) is 5.95. The molecule has 1 aliphatic rings. The molecular formula is C12H15F3N4. The summed E-state index contributed by atoms with van der Waals surface area (Å²) in [6.45, 7) is 3.23. The van der Waals surface area contributed by atoms with Crippen molar-refractivity contribution in [3.8, 4) is 6.07 Å². The fourth-order valence-electron chi connectivity index (χ4n) is 2.43. The highest BCUT2D eigenvalue weighted by molar-refractivity contribution is 5.16. The highest BCUT2D eigenvalue weighted by atomic mass is 19.4. The smallest absolute Gasteiger partial charge is 0.290 e. The molecule has 2 rings (SSSR count). The van der Waals surface area contributed by atoms with Gasteiger partial charge in [0, 0.05) is 19.3 Å². The Hall–Kier alpha value is -1.55. The number of aryl methyl sites for hydroxylation is 2. The van der Waals surface area contributed by atoms with Gasteiger partial charge in [-0.3, -0.25) is 9.58 Å². The van der Waals surface area contributed by atoms with Gasteiger partial charge in [-0.05, 0) is 19.4 Å². The van der Waals surface area contributed by atoms with E-state index in [9.17, 15) is 13.2 Å². The van der Waals surface area contributed by atoms with Crippen molar-refractivity contribution >= 4 is 0 Å². The number of halogens is 3. The lowest BCUT2D eigenvalue weighted by Gasteiger charge is -2.49. The van der Waals surface area contributed by atoms with Gasteiger partial charge in [-0.2, -0.15) is 23.5 Å². The Labute approximate surface area is 109 Å². The SMILES string of the molecule is Cc1cn(C2(CC#N)CN(CC(F)(F)F)C2)nc1C. The van der Waals surface area contributed by atoms with E-state index >= 15 is 0 Å². The molecule has 7 heteroatoms. The predicted octanol–water partition coefficient (Wildman–Crippen LogP) is 1.99. The number of alkyl halides is 3. The van der Waals surface area contributed by atoms with Crippen LogP contribution in [0.5, 0.6) is 0 Å². The fourth-order valence-corrected chi connectivity index (χ4v) is 2.43. The van der Waals surface area contributed by atoms with Gasteiger partial charge in [0.15, 0.2) is 0 Å². The zero-order chi connectivity index (χ0) is 14.3. The van der Waals surface area contributed by atoms with Gasteiger partial charge in [0.1, 0.15) is 5.54 Å². The number of likely N-dealkylation sites (tertiary alicyclic amines) is 1. The average Bonchev–Trinajstić information content (AvgIpc) is 2.54. The van der Waals surface area contributed by atoms with Crippen molar-refractivity contribution in [2.75, 3.05) is 19.6 Å².